The second-order valence-corrected chi connectivity index (χ2v) is 13.9. The van der Waals surface area contributed by atoms with Crippen molar-refractivity contribution >= 4 is 66.7 Å². The lowest BCUT2D eigenvalue weighted by Gasteiger charge is -2.33. The summed E-state index contributed by atoms with van der Waals surface area (Å²) in [5.41, 5.74) is 2.03. The quantitative estimate of drug-likeness (QED) is 0.200. The fraction of sp³-hybridized carbons (Fsp3) is 0.355. The van der Waals surface area contributed by atoms with Crippen LogP contribution in [0.3, 0.4) is 0 Å². The van der Waals surface area contributed by atoms with Gasteiger partial charge >= 0.3 is 0 Å². The number of carbonyl (C=O) groups is 2. The maximum absolute atomic E-state index is 13.9. The van der Waals surface area contributed by atoms with Gasteiger partial charge < -0.3 is 10.2 Å². The fourth-order valence-electron chi connectivity index (χ4n) is 4.49. The molecule has 226 valence electrons. The molecule has 3 aromatic carbocycles. The predicted molar refractivity (Wildman–Crippen MR) is 174 cm³/mol. The number of nitrogens with zero attached hydrogens (tertiary/aromatic N) is 2. The summed E-state index contributed by atoms with van der Waals surface area (Å²) in [6.07, 6.45) is 2.38. The molecule has 11 heteroatoms. The molecule has 0 heterocycles. The van der Waals surface area contributed by atoms with Crippen molar-refractivity contribution in [3.8, 4) is 0 Å². The minimum Gasteiger partial charge on any atom is -0.352 e. The van der Waals surface area contributed by atoms with Gasteiger partial charge in [0.25, 0.3) is 0 Å². The van der Waals surface area contributed by atoms with Crippen LogP contribution in [0, 0.1) is 0 Å². The lowest BCUT2D eigenvalue weighted by molar-refractivity contribution is -0.141. The van der Waals surface area contributed by atoms with Gasteiger partial charge in [-0.25, -0.2) is 8.42 Å². The Balaban J connectivity index is 1.91. The highest BCUT2D eigenvalue weighted by Gasteiger charge is 2.31. The number of benzene rings is 3. The number of hydrogen-bond donors (Lipinski definition) is 1. The normalized spacial score (nSPS) is 12.8. The summed E-state index contributed by atoms with van der Waals surface area (Å²) in [5.74, 6) is -0.499. The molecule has 0 aliphatic carbocycles. The number of sulfonamides is 1. The van der Waals surface area contributed by atoms with Crippen LogP contribution in [0.2, 0.25) is 10.0 Å². The van der Waals surface area contributed by atoms with E-state index in [2.05, 4.69) is 21.2 Å². The first kappa shape index (κ1) is 33.9. The lowest BCUT2D eigenvalue weighted by Crippen LogP contribution is -2.52. The number of rotatable bonds is 14. The van der Waals surface area contributed by atoms with E-state index in [-0.39, 0.29) is 54.5 Å². The van der Waals surface area contributed by atoms with Gasteiger partial charge in [0.1, 0.15) is 6.04 Å². The summed E-state index contributed by atoms with van der Waals surface area (Å²) in [6, 6.07) is 20.9. The Bertz CT molecular complexity index is 1470. The molecule has 0 fully saturated rings. The van der Waals surface area contributed by atoms with E-state index in [0.717, 1.165) is 32.6 Å². The second-order valence-electron chi connectivity index (χ2n) is 10.2. The first-order chi connectivity index (χ1) is 19.9. The maximum atomic E-state index is 13.9. The van der Waals surface area contributed by atoms with Crippen LogP contribution in [0.4, 0.5) is 5.69 Å². The summed E-state index contributed by atoms with van der Waals surface area (Å²) < 4.78 is 27.4. The van der Waals surface area contributed by atoms with Crippen LogP contribution in [0.1, 0.15) is 44.2 Å². The largest absolute Gasteiger partial charge is 0.352 e. The van der Waals surface area contributed by atoms with E-state index in [9.17, 15) is 18.0 Å². The molecule has 3 aromatic rings. The van der Waals surface area contributed by atoms with Crippen molar-refractivity contribution in [3.05, 3.63) is 98.4 Å². The topological polar surface area (TPSA) is 86.8 Å². The molecule has 2 amide bonds. The summed E-state index contributed by atoms with van der Waals surface area (Å²) >= 11 is 15.9. The molecule has 1 N–H and O–H groups in total. The number of carbonyl (C=O) groups excluding carboxylic acids is 2. The predicted octanol–water partition coefficient (Wildman–Crippen LogP) is 6.86. The Morgan fingerprint density at radius 1 is 0.976 bits per heavy atom. The highest BCUT2D eigenvalue weighted by molar-refractivity contribution is 9.10. The van der Waals surface area contributed by atoms with Crippen molar-refractivity contribution in [3.63, 3.8) is 0 Å². The van der Waals surface area contributed by atoms with Gasteiger partial charge in [0, 0.05) is 41.5 Å². The van der Waals surface area contributed by atoms with E-state index >= 15 is 0 Å². The number of anilines is 1. The van der Waals surface area contributed by atoms with Gasteiger partial charge in [-0.05, 0) is 61.2 Å². The summed E-state index contributed by atoms with van der Waals surface area (Å²) in [4.78, 5) is 29.2. The van der Waals surface area contributed by atoms with Crippen LogP contribution in [0.25, 0.3) is 0 Å². The second kappa shape index (κ2) is 15.8. The van der Waals surface area contributed by atoms with Crippen LogP contribution in [-0.2, 0) is 32.6 Å². The Kier molecular flexibility index (Phi) is 12.7. The van der Waals surface area contributed by atoms with E-state index in [4.69, 9.17) is 23.2 Å². The van der Waals surface area contributed by atoms with Crippen LogP contribution in [0.5, 0.6) is 0 Å². The van der Waals surface area contributed by atoms with Gasteiger partial charge in [-0.3, -0.25) is 13.9 Å². The zero-order chi connectivity index (χ0) is 30.9. The molecular formula is C31H36BrCl2N3O4S. The Morgan fingerprint density at radius 3 is 2.31 bits per heavy atom. The van der Waals surface area contributed by atoms with E-state index < -0.39 is 16.1 Å². The number of halogens is 3. The molecule has 0 radical (unpaired) electrons. The monoisotopic (exact) mass is 695 g/mol. The summed E-state index contributed by atoms with van der Waals surface area (Å²) in [5, 5.41) is 3.63. The van der Waals surface area contributed by atoms with Crippen LogP contribution < -0.4 is 9.62 Å². The summed E-state index contributed by atoms with van der Waals surface area (Å²) in [7, 11) is -3.72. The van der Waals surface area contributed by atoms with Gasteiger partial charge in [0.2, 0.25) is 21.8 Å². The molecule has 0 spiro atoms. The van der Waals surface area contributed by atoms with Crippen LogP contribution in [0.15, 0.2) is 77.3 Å². The number of nitrogens with one attached hydrogen (secondary N) is 1. The SMILES string of the molecule is CC[C@@H](C)NC(=O)[C@@H](Cc1ccccc1)N(Cc1cccc(Br)c1)C(=O)CCCN(c1cc(Cl)ccc1Cl)S(C)(=O)=O. The molecule has 2 atom stereocenters. The molecule has 0 aliphatic heterocycles. The number of amides is 2. The zero-order valence-electron chi connectivity index (χ0n) is 23.9. The average molecular weight is 698 g/mol. The fourth-order valence-corrected chi connectivity index (χ4v) is 6.34. The number of hydrogen-bond acceptors (Lipinski definition) is 4. The lowest BCUT2D eigenvalue weighted by atomic mass is 10.0. The maximum Gasteiger partial charge on any atom is 0.243 e. The van der Waals surface area contributed by atoms with E-state index in [1.807, 2.05) is 68.4 Å². The first-order valence-corrected chi connectivity index (χ1v) is 17.1. The molecule has 0 aliphatic rings. The zero-order valence-corrected chi connectivity index (χ0v) is 27.8. The van der Waals surface area contributed by atoms with E-state index in [0.29, 0.717) is 11.4 Å². The molecule has 0 aromatic heterocycles. The van der Waals surface area contributed by atoms with Crippen molar-refractivity contribution in [2.45, 2.75) is 58.2 Å². The molecule has 7 nitrogen and oxygen atoms in total. The third-order valence-corrected chi connectivity index (χ3v) is 9.07. The molecule has 42 heavy (non-hydrogen) atoms. The smallest absolute Gasteiger partial charge is 0.243 e. The van der Waals surface area contributed by atoms with Gasteiger partial charge in [-0.15, -0.1) is 0 Å². The molecule has 3 rings (SSSR count). The van der Waals surface area contributed by atoms with Crippen molar-refractivity contribution in [1.29, 1.82) is 0 Å². The van der Waals surface area contributed by atoms with Crippen molar-refractivity contribution in [2.75, 3.05) is 17.1 Å². The van der Waals surface area contributed by atoms with E-state index in [1.165, 1.54) is 12.1 Å². The van der Waals surface area contributed by atoms with Gasteiger partial charge in [0.15, 0.2) is 0 Å². The molecule has 0 bridgehead atoms. The third kappa shape index (κ3) is 10.0. The molecule has 0 saturated carbocycles. The van der Waals surface area contributed by atoms with Crippen molar-refractivity contribution < 1.29 is 18.0 Å². The average Bonchev–Trinajstić information content (AvgIpc) is 2.94. The van der Waals surface area contributed by atoms with Gasteiger partial charge in [-0.2, -0.15) is 0 Å². The summed E-state index contributed by atoms with van der Waals surface area (Å²) in [6.45, 7) is 4.14. The highest BCUT2D eigenvalue weighted by atomic mass is 79.9. The highest BCUT2D eigenvalue weighted by Crippen LogP contribution is 2.31. The minimum absolute atomic E-state index is 0.0117. The molecular weight excluding hydrogens is 661 g/mol. The Labute approximate surface area is 267 Å². The Morgan fingerprint density at radius 2 is 1.67 bits per heavy atom. The van der Waals surface area contributed by atoms with E-state index in [1.54, 1.807) is 11.0 Å². The molecule has 0 unspecified atom stereocenters. The minimum atomic E-state index is -3.72. The third-order valence-electron chi connectivity index (χ3n) is 6.84. The van der Waals surface area contributed by atoms with Gasteiger partial charge in [-0.1, -0.05) is 88.5 Å². The Hall–Kier alpha value is -2.59. The van der Waals surface area contributed by atoms with Crippen LogP contribution >= 0.6 is 39.1 Å². The van der Waals surface area contributed by atoms with Crippen molar-refractivity contribution in [1.82, 2.24) is 10.2 Å². The first-order valence-electron chi connectivity index (χ1n) is 13.7. The van der Waals surface area contributed by atoms with Gasteiger partial charge in [0.05, 0.1) is 17.0 Å². The van der Waals surface area contributed by atoms with Crippen molar-refractivity contribution in [2.24, 2.45) is 0 Å². The van der Waals surface area contributed by atoms with Crippen LogP contribution in [-0.4, -0.2) is 50.0 Å². The standard InChI is InChI=1S/C31H36BrCl2N3O4S/c1-4-22(2)35-31(39)29(19-23-10-6-5-7-11-23)36(21-24-12-8-13-25(32)18-24)30(38)14-9-17-37(42(3,40)41)28-20-26(33)15-16-27(28)34/h5-8,10-13,15-16,18,20,22,29H,4,9,14,17,19,21H2,1-3H3,(H,35,39)/t22-,29-/m1/s1. The molecule has 0 saturated heterocycles.